The molecule has 0 amide bonds. The maximum atomic E-state index is 15.4. The molecule has 2 heterocycles. The molecular formula is C70H26BF20IO4S2. The average Bonchev–Trinajstić information content (AvgIpc) is 0.999. The van der Waals surface area contributed by atoms with E-state index in [1.54, 1.807) is 0 Å². The van der Waals surface area contributed by atoms with Gasteiger partial charge in [-0.05, 0) is 91.6 Å². The van der Waals surface area contributed by atoms with Crippen LogP contribution in [0.5, 0.6) is 11.5 Å². The van der Waals surface area contributed by atoms with Crippen molar-refractivity contribution in [2.24, 2.45) is 0 Å². The molecule has 0 bridgehead atoms. The molecule has 0 radical (unpaired) electrons. The molecule has 0 aliphatic carbocycles. The fourth-order valence-electron chi connectivity index (χ4n) is 11.9. The summed E-state index contributed by atoms with van der Waals surface area (Å²) in [6.45, 7) is 0. The largest absolute Gasteiger partial charge is 0.421 e. The van der Waals surface area contributed by atoms with Crippen LogP contribution >= 0.6 is 22.7 Å². The minimum Gasteiger partial charge on any atom is -0.421 e. The van der Waals surface area contributed by atoms with Gasteiger partial charge in [0.15, 0.2) is 69.8 Å². The second-order valence-corrected chi connectivity index (χ2v) is 28.1. The molecule has 0 atom stereocenters. The van der Waals surface area contributed by atoms with E-state index in [0.29, 0.717) is 21.3 Å². The van der Waals surface area contributed by atoms with Gasteiger partial charge in [-0.15, -0.1) is 21.9 Å². The SMILES string of the molecule is Fc1c(F)c(F)c([B-](c2c(F)c(F)c(F)c(F)c2F)(c2c(F)c(F)c(F)c(F)c2F)c2c(F)c(F)c(F)c(F)c2F)c(F)c1F.O=C(Oc1c2ccccc2cc2cc3ccccc3cc12)c1ccc([I+]c2ccc(C(=O)Oc3c4ccccc4cc4cc5ccccc5cc34)s2)s1. The Morgan fingerprint density at radius 3 is 0.786 bits per heavy atom. The fraction of sp³-hybridized carbons (Fsp3) is 0. The highest BCUT2D eigenvalue weighted by molar-refractivity contribution is 7.20. The number of halogens is 21. The molecule has 492 valence electrons. The lowest BCUT2D eigenvalue weighted by Gasteiger charge is -2.44. The number of carbonyl (C=O) groups is 2. The highest BCUT2D eigenvalue weighted by Crippen LogP contribution is 2.41. The fourth-order valence-corrected chi connectivity index (χ4v) is 17.9. The van der Waals surface area contributed by atoms with E-state index in [1.165, 1.54) is 22.7 Å². The van der Waals surface area contributed by atoms with Crippen molar-refractivity contribution in [1.82, 2.24) is 0 Å². The van der Waals surface area contributed by atoms with Crippen molar-refractivity contribution in [3.63, 3.8) is 0 Å². The number of hydrogen-bond acceptors (Lipinski definition) is 6. The Morgan fingerprint density at radius 2 is 0.500 bits per heavy atom. The zero-order valence-corrected chi connectivity index (χ0v) is 51.8. The number of carbonyl (C=O) groups excluding carboxylic acids is 2. The summed E-state index contributed by atoms with van der Waals surface area (Å²) >= 11 is 2.28. The molecule has 0 spiro atoms. The minimum atomic E-state index is -7.22. The van der Waals surface area contributed by atoms with Crippen molar-refractivity contribution in [3.05, 3.63) is 290 Å². The summed E-state index contributed by atoms with van der Waals surface area (Å²) < 4.78 is 309. The van der Waals surface area contributed by atoms with Gasteiger partial charge < -0.3 is 9.47 Å². The van der Waals surface area contributed by atoms with Crippen LogP contribution in [0.3, 0.4) is 0 Å². The van der Waals surface area contributed by atoms with Gasteiger partial charge in [0.25, 0.3) is 0 Å². The third kappa shape index (κ3) is 10.8. The van der Waals surface area contributed by atoms with Crippen LogP contribution in [-0.2, 0) is 0 Å². The molecule has 14 rings (SSSR count). The average molecular weight is 1510 g/mol. The van der Waals surface area contributed by atoms with E-state index in [-0.39, 0.29) is 11.9 Å². The van der Waals surface area contributed by atoms with Crippen molar-refractivity contribution < 1.29 is 128 Å². The van der Waals surface area contributed by atoms with Gasteiger partial charge in [-0.25, -0.2) is 97.4 Å². The number of ether oxygens (including phenoxy) is 2. The van der Waals surface area contributed by atoms with Gasteiger partial charge in [0.1, 0.15) is 73.9 Å². The smallest absolute Gasteiger partial charge is 0.381 e. The van der Waals surface area contributed by atoms with Crippen molar-refractivity contribution in [2.45, 2.75) is 0 Å². The Morgan fingerprint density at radius 1 is 0.265 bits per heavy atom. The predicted octanol–water partition coefficient (Wildman–Crippen LogP) is 15.1. The van der Waals surface area contributed by atoms with Gasteiger partial charge in [-0.3, -0.25) is 0 Å². The summed E-state index contributed by atoms with van der Waals surface area (Å²) in [7, 11) is 0. The molecule has 12 aromatic carbocycles. The molecule has 0 aliphatic heterocycles. The predicted molar refractivity (Wildman–Crippen MR) is 323 cm³/mol. The molecule has 2 aromatic heterocycles. The molecule has 0 N–H and O–H groups in total. The lowest BCUT2D eigenvalue weighted by atomic mass is 9.12. The topological polar surface area (TPSA) is 52.6 Å². The van der Waals surface area contributed by atoms with Crippen LogP contribution in [0.4, 0.5) is 87.8 Å². The number of benzene rings is 12. The molecule has 14 aromatic rings. The van der Waals surface area contributed by atoms with E-state index in [1.807, 2.05) is 97.1 Å². The summed E-state index contributed by atoms with van der Waals surface area (Å²) in [6.07, 6.45) is -7.22. The zero-order chi connectivity index (χ0) is 69.8. The number of hydrogen-bond donors (Lipinski definition) is 0. The third-order valence-corrected chi connectivity index (χ3v) is 22.0. The van der Waals surface area contributed by atoms with Crippen molar-refractivity contribution in [2.75, 3.05) is 0 Å². The van der Waals surface area contributed by atoms with Gasteiger partial charge in [0.05, 0.1) is 0 Å². The third-order valence-electron chi connectivity index (χ3n) is 16.2. The lowest BCUT2D eigenvalue weighted by Crippen LogP contribution is -3.61. The normalized spacial score (nSPS) is 11.8. The molecule has 0 unspecified atom stereocenters. The summed E-state index contributed by atoms with van der Waals surface area (Å²) in [5, 5.41) is 12.2. The van der Waals surface area contributed by atoms with Crippen LogP contribution in [-0.4, -0.2) is 18.1 Å². The maximum absolute atomic E-state index is 15.4. The Bertz CT molecular complexity index is 5170. The zero-order valence-electron chi connectivity index (χ0n) is 48.0. The van der Waals surface area contributed by atoms with Crippen LogP contribution in [0.15, 0.2) is 158 Å². The molecule has 0 aliphatic rings. The molecule has 0 saturated carbocycles. The second kappa shape index (κ2) is 25.4. The van der Waals surface area contributed by atoms with Crippen LogP contribution < -0.4 is 52.5 Å². The molecule has 0 saturated heterocycles. The first-order valence-corrected chi connectivity index (χ1v) is 31.7. The Kier molecular flexibility index (Phi) is 17.3. The number of esters is 2. The Balaban J connectivity index is 0.000000179. The standard InChI is InChI=1S/C46H26IO4S2.C24BF20/c48-45(50-43-35-15-7-5-13-31(35)23-33-21-27-9-1-3-11-29(27)25-37(33)43)39-17-19-41(52-39)47-42-20-18-40(53-42)46(49)51-44-36-16-8-6-14-32(36)24-34-22-28-10-2-4-12-30(28)26-38(34)44;26-5-1(6(27)14(35)21(42)13(5)34)25(2-7(28)15(36)22(43)16(37)8(2)29,3-9(30)17(38)23(44)18(39)10(3)31)4-11(32)19(40)24(45)20(41)12(4)33/h1-26H;/q+1;-1. The van der Waals surface area contributed by atoms with Crippen molar-refractivity contribution in [3.8, 4) is 11.5 Å². The lowest BCUT2D eigenvalue weighted by molar-refractivity contribution is -0.585. The quantitative estimate of drug-likeness (QED) is 0.0200. The van der Waals surface area contributed by atoms with Gasteiger partial charge in [0.2, 0.25) is 5.77 Å². The summed E-state index contributed by atoms with van der Waals surface area (Å²) in [5.74, 6) is -71.0. The van der Waals surface area contributed by atoms with Gasteiger partial charge >= 0.3 is 33.1 Å². The van der Waals surface area contributed by atoms with E-state index >= 15 is 35.1 Å². The Hall–Kier alpha value is -10.1. The van der Waals surface area contributed by atoms with E-state index in [4.69, 9.17) is 9.47 Å². The van der Waals surface area contributed by atoms with E-state index in [0.717, 1.165) is 70.4 Å². The summed E-state index contributed by atoms with van der Waals surface area (Å²) in [4.78, 5) is 28.5. The number of fused-ring (bicyclic) bond motifs is 6. The minimum absolute atomic E-state index is 0.374. The first kappa shape index (κ1) is 66.5. The first-order valence-electron chi connectivity index (χ1n) is 27.9. The van der Waals surface area contributed by atoms with Crippen molar-refractivity contribution in [1.29, 1.82) is 0 Å². The van der Waals surface area contributed by atoms with Gasteiger partial charge in [0, 0.05) is 33.7 Å². The summed E-state index contributed by atoms with van der Waals surface area (Å²) in [6, 6.07) is 53.0. The molecular weight excluding hydrogens is 1490 g/mol. The maximum Gasteiger partial charge on any atom is 0.381 e. The van der Waals surface area contributed by atoms with E-state index in [2.05, 4.69) is 60.7 Å². The van der Waals surface area contributed by atoms with Gasteiger partial charge in [-0.2, -0.15) is 0 Å². The summed E-state index contributed by atoms with van der Waals surface area (Å²) in [5.41, 5.74) is -14.3. The Labute approximate surface area is 553 Å². The number of rotatable bonds is 10. The molecule has 4 nitrogen and oxygen atoms in total. The van der Waals surface area contributed by atoms with Crippen LogP contribution in [0, 0.1) is 122 Å². The highest BCUT2D eigenvalue weighted by atomic mass is 127. The van der Waals surface area contributed by atoms with Crippen molar-refractivity contribution >= 4 is 127 Å². The van der Waals surface area contributed by atoms with Crippen LogP contribution in [0.1, 0.15) is 19.3 Å². The molecule has 28 heteroatoms. The molecule has 98 heavy (non-hydrogen) atoms. The monoisotopic (exact) mass is 1510 g/mol. The van der Waals surface area contributed by atoms with Crippen LogP contribution in [0.25, 0.3) is 64.6 Å². The highest BCUT2D eigenvalue weighted by Gasteiger charge is 2.52. The molecule has 0 fully saturated rings. The second-order valence-electron chi connectivity index (χ2n) is 21.6. The van der Waals surface area contributed by atoms with E-state index < -0.39 is 166 Å². The van der Waals surface area contributed by atoms with Crippen LogP contribution in [0.2, 0.25) is 0 Å². The van der Waals surface area contributed by atoms with E-state index in [9.17, 15) is 62.3 Å². The van der Waals surface area contributed by atoms with Gasteiger partial charge in [-0.1, -0.05) is 120 Å². The first-order chi connectivity index (χ1) is 46.7. The number of thiophene rings is 2.